The van der Waals surface area contributed by atoms with E-state index in [1.165, 1.54) is 0 Å². The zero-order chi connectivity index (χ0) is 9.99. The number of rotatable bonds is 2. The van der Waals surface area contributed by atoms with Crippen LogP contribution in [0.2, 0.25) is 0 Å². The van der Waals surface area contributed by atoms with E-state index in [0.29, 0.717) is 5.48 Å². The minimum Gasteiger partial charge on any atom is -0.788 e. The molecule has 0 aliphatic heterocycles. The highest BCUT2D eigenvalue weighted by atomic mass is 31.2. The van der Waals surface area contributed by atoms with Crippen LogP contribution in [-0.2, 0) is 14.0 Å². The molecule has 0 saturated carbocycles. The van der Waals surface area contributed by atoms with Gasteiger partial charge in [-0.3, -0.25) is 4.79 Å². The van der Waals surface area contributed by atoms with Crippen LogP contribution in [0.5, 0.6) is 0 Å². The van der Waals surface area contributed by atoms with Gasteiger partial charge in [0.15, 0.2) is 0 Å². The van der Waals surface area contributed by atoms with Gasteiger partial charge in [0.25, 0.3) is 0 Å². The lowest BCUT2D eigenvalue weighted by atomic mass is 10.6. The van der Waals surface area contributed by atoms with Crippen LogP contribution in [0.4, 0.5) is 13.2 Å². The van der Waals surface area contributed by atoms with Gasteiger partial charge in [-0.2, -0.15) is 13.2 Å². The summed E-state index contributed by atoms with van der Waals surface area (Å²) < 4.78 is 46.1. The van der Waals surface area contributed by atoms with Gasteiger partial charge in [-0.25, -0.2) is 10.1 Å². The second-order valence-corrected chi connectivity index (χ2v) is 2.54. The van der Waals surface area contributed by atoms with Crippen LogP contribution in [0.1, 0.15) is 0 Å². The van der Waals surface area contributed by atoms with Crippen molar-refractivity contribution in [3.8, 4) is 0 Å². The largest absolute Gasteiger partial charge is 0.788 e. The van der Waals surface area contributed by atoms with Crippen molar-refractivity contribution in [3.63, 3.8) is 0 Å². The van der Waals surface area contributed by atoms with E-state index in [1.54, 1.807) is 0 Å². The molecule has 1 N–H and O–H groups in total. The number of hydroxylamine groups is 1. The molecule has 6 nitrogen and oxygen atoms in total. The highest BCUT2D eigenvalue weighted by molar-refractivity contribution is 7.43. The highest BCUT2D eigenvalue weighted by Gasteiger charge is 2.39. The molecule has 0 heterocycles. The Hall–Kier alpha value is -0.630. The Balaban J connectivity index is 3.98. The van der Waals surface area contributed by atoms with Gasteiger partial charge >= 0.3 is 12.1 Å². The average Bonchev–Trinajstić information content (AvgIpc) is 1.78. The minimum absolute atomic E-state index is 0.410. The first kappa shape index (κ1) is 11.4. The molecule has 72 valence electrons. The van der Waals surface area contributed by atoms with Gasteiger partial charge in [-0.1, -0.05) is 0 Å². The van der Waals surface area contributed by atoms with E-state index < -0.39 is 19.9 Å². The molecular weight excluding hydrogens is 206 g/mol. The molecule has 0 aromatic carbocycles. The molecule has 0 spiro atoms. The lowest BCUT2D eigenvalue weighted by Crippen LogP contribution is -2.38. The molecule has 0 aromatic rings. The van der Waals surface area contributed by atoms with Gasteiger partial charge in [-0.05, 0) is 0 Å². The van der Waals surface area contributed by atoms with Crippen molar-refractivity contribution in [2.24, 2.45) is 0 Å². The summed E-state index contributed by atoms with van der Waals surface area (Å²) in [4.78, 5) is 28.8. The Bertz CT molecular complexity index is 219. The first-order valence-electron chi connectivity index (χ1n) is 2.21. The third kappa shape index (κ3) is 5.08. The van der Waals surface area contributed by atoms with Crippen LogP contribution in [0.3, 0.4) is 0 Å². The van der Waals surface area contributed by atoms with Gasteiger partial charge in [-0.15, -0.1) is 0 Å². The van der Waals surface area contributed by atoms with E-state index >= 15 is 0 Å². The summed E-state index contributed by atoms with van der Waals surface area (Å²) in [6.07, 6.45) is -5.30. The fraction of sp³-hybridized carbons (Fsp3) is 0.500. The van der Waals surface area contributed by atoms with E-state index in [4.69, 9.17) is 0 Å². The van der Waals surface area contributed by atoms with Gasteiger partial charge in [0.05, 0.1) is 7.82 Å². The Morgan fingerprint density at radius 2 is 1.83 bits per heavy atom. The Kier molecular flexibility index (Phi) is 3.22. The number of carbonyl (C=O) groups is 1. The predicted molar refractivity (Wildman–Crippen MR) is 22.9 cm³/mol. The van der Waals surface area contributed by atoms with Crippen LogP contribution in [0.25, 0.3) is 0 Å². The van der Waals surface area contributed by atoms with Crippen molar-refractivity contribution in [1.82, 2.24) is 5.48 Å². The van der Waals surface area contributed by atoms with Crippen LogP contribution >= 0.6 is 7.82 Å². The van der Waals surface area contributed by atoms with Crippen LogP contribution in [-0.4, -0.2) is 12.1 Å². The van der Waals surface area contributed by atoms with Crippen molar-refractivity contribution >= 4 is 13.7 Å². The summed E-state index contributed by atoms with van der Waals surface area (Å²) >= 11 is 0. The molecule has 0 atom stereocenters. The molecule has 1 amide bonds. The molecule has 0 rings (SSSR count). The lowest BCUT2D eigenvalue weighted by molar-refractivity contribution is -0.346. The van der Waals surface area contributed by atoms with Gasteiger partial charge in [0, 0.05) is 0 Å². The molecule has 0 aromatic heterocycles. The predicted octanol–water partition coefficient (Wildman–Crippen LogP) is -1.57. The molecule has 0 saturated heterocycles. The van der Waals surface area contributed by atoms with E-state index in [0.717, 1.165) is 0 Å². The summed E-state index contributed by atoms with van der Waals surface area (Å²) in [6.45, 7) is 0. The third-order valence-corrected chi connectivity index (χ3v) is 0.823. The number of carbonyl (C=O) groups excluding carboxylic acids is 1. The van der Waals surface area contributed by atoms with Crippen molar-refractivity contribution in [2.75, 3.05) is 0 Å². The summed E-state index contributed by atoms with van der Waals surface area (Å²) in [7, 11) is -5.62. The fourth-order valence-electron chi connectivity index (χ4n) is 0.155. The molecule has 0 aliphatic carbocycles. The second kappa shape index (κ2) is 3.40. The lowest BCUT2D eigenvalue weighted by Gasteiger charge is -2.27. The van der Waals surface area contributed by atoms with Gasteiger partial charge in [0.2, 0.25) is 0 Å². The van der Waals surface area contributed by atoms with Crippen LogP contribution in [0.15, 0.2) is 0 Å². The van der Waals surface area contributed by atoms with E-state index in [2.05, 4.69) is 4.62 Å². The molecule has 0 bridgehead atoms. The number of halogens is 3. The van der Waals surface area contributed by atoms with Crippen molar-refractivity contribution in [1.29, 1.82) is 0 Å². The molecule has 0 unspecified atom stereocenters. The maximum absolute atomic E-state index is 11.2. The standard InChI is InChI=1S/C2H3F3NO5P/c3-2(4,5)1(7)6-11-12(8,9)10/h(H,6,7)(H2,8,9,10)/p-2. The normalized spacial score (nSPS) is 12.8. The van der Waals surface area contributed by atoms with Crippen LogP contribution < -0.4 is 15.3 Å². The Morgan fingerprint density at radius 1 is 1.42 bits per heavy atom. The Labute approximate surface area is 63.5 Å². The molecule has 0 fully saturated rings. The molecule has 10 heteroatoms. The number of hydrogen-bond donors (Lipinski definition) is 1. The maximum Gasteiger partial charge on any atom is 0.473 e. The SMILES string of the molecule is O=C(NOP(=O)([O-])[O-])C(F)(F)F. The number of phosphoric acid groups is 1. The molecule has 0 radical (unpaired) electrons. The smallest absolute Gasteiger partial charge is 0.473 e. The van der Waals surface area contributed by atoms with Crippen LogP contribution in [0, 0.1) is 0 Å². The summed E-state index contributed by atoms with van der Waals surface area (Å²) in [5.74, 6) is -2.67. The third-order valence-electron chi connectivity index (χ3n) is 0.508. The topological polar surface area (TPSA) is 102 Å². The minimum atomic E-state index is -5.62. The highest BCUT2D eigenvalue weighted by Crippen LogP contribution is 2.23. The quantitative estimate of drug-likeness (QED) is 0.435. The zero-order valence-corrected chi connectivity index (χ0v) is 6.02. The first-order valence-corrected chi connectivity index (χ1v) is 3.67. The fourth-order valence-corrected chi connectivity index (χ4v) is 0.350. The summed E-state index contributed by atoms with van der Waals surface area (Å²) in [5.41, 5.74) is 0.410. The molecule has 12 heavy (non-hydrogen) atoms. The number of hydrogen-bond acceptors (Lipinski definition) is 5. The van der Waals surface area contributed by atoms with Gasteiger partial charge < -0.3 is 14.4 Å². The number of amides is 1. The van der Waals surface area contributed by atoms with Crippen molar-refractivity contribution in [2.45, 2.75) is 6.18 Å². The van der Waals surface area contributed by atoms with Crippen molar-refractivity contribution in [3.05, 3.63) is 0 Å². The maximum atomic E-state index is 11.2. The average molecular weight is 207 g/mol. The van der Waals surface area contributed by atoms with Gasteiger partial charge in [0.1, 0.15) is 0 Å². The summed E-state index contributed by atoms with van der Waals surface area (Å²) in [6, 6.07) is 0. The molecular formula is C2HF3NO5P-2. The van der Waals surface area contributed by atoms with E-state index in [9.17, 15) is 32.3 Å². The zero-order valence-electron chi connectivity index (χ0n) is 5.12. The number of alkyl halides is 3. The second-order valence-electron chi connectivity index (χ2n) is 1.47. The number of nitrogens with one attached hydrogen (secondary N) is 1. The Morgan fingerprint density at radius 3 is 2.08 bits per heavy atom. The van der Waals surface area contributed by atoms with Crippen molar-refractivity contribution < 1.29 is 36.9 Å². The first-order chi connectivity index (χ1) is 5.13. The van der Waals surface area contributed by atoms with E-state index in [-0.39, 0.29) is 0 Å². The van der Waals surface area contributed by atoms with E-state index in [1.807, 2.05) is 0 Å². The monoisotopic (exact) mass is 207 g/mol. The molecule has 0 aliphatic rings. The summed E-state index contributed by atoms with van der Waals surface area (Å²) in [5, 5.41) is 0.